The van der Waals surface area contributed by atoms with Crippen LogP contribution in [0.15, 0.2) is 46.5 Å². The zero-order valence-corrected chi connectivity index (χ0v) is 14.6. The Hall–Kier alpha value is -2.80. The minimum absolute atomic E-state index is 0.0105. The monoisotopic (exact) mass is 354 g/mol. The molecule has 0 amide bonds. The van der Waals surface area contributed by atoms with E-state index < -0.39 is 5.97 Å². The van der Waals surface area contributed by atoms with Crippen molar-refractivity contribution < 1.29 is 14.6 Å². The first-order valence-corrected chi connectivity index (χ1v) is 8.52. The van der Waals surface area contributed by atoms with Crippen molar-refractivity contribution in [1.29, 1.82) is 0 Å². The van der Waals surface area contributed by atoms with E-state index in [2.05, 4.69) is 15.2 Å². The third-order valence-electron chi connectivity index (χ3n) is 3.67. The van der Waals surface area contributed by atoms with Gasteiger partial charge in [-0.1, -0.05) is 37.3 Å². The summed E-state index contributed by atoms with van der Waals surface area (Å²) in [6.45, 7) is 1.94. The van der Waals surface area contributed by atoms with Gasteiger partial charge in [0.05, 0.1) is 13.1 Å². The molecular weight excluding hydrogens is 338 g/mol. The van der Waals surface area contributed by atoms with Crippen molar-refractivity contribution in [2.75, 3.05) is 7.11 Å². The first kappa shape index (κ1) is 17.0. The van der Waals surface area contributed by atoms with Gasteiger partial charge < -0.3 is 14.6 Å². The molecule has 0 aliphatic heterocycles. The van der Waals surface area contributed by atoms with Crippen molar-refractivity contribution in [3.05, 3.63) is 52.7 Å². The van der Waals surface area contributed by atoms with Gasteiger partial charge in [-0.15, -0.1) is 5.10 Å². The van der Waals surface area contributed by atoms with Crippen molar-refractivity contribution in [2.24, 2.45) is 0 Å². The lowest BCUT2D eigenvalue weighted by Crippen LogP contribution is -2.23. The highest BCUT2D eigenvalue weighted by atomic mass is 32.2. The third kappa shape index (κ3) is 3.66. The molecule has 0 bridgehead atoms. The van der Waals surface area contributed by atoms with Gasteiger partial charge in [-0.3, -0.25) is 5.10 Å². The Morgan fingerprint density at radius 1 is 1.32 bits per heavy atom. The number of thioether (sulfide) groups is 1. The number of ether oxygens (including phenoxy) is 1. The van der Waals surface area contributed by atoms with Gasteiger partial charge in [-0.2, -0.15) is 0 Å². The molecule has 7 heteroatoms. The molecule has 2 aromatic carbocycles. The maximum Gasteiger partial charge on any atom is 0.213 e. The van der Waals surface area contributed by atoms with E-state index in [4.69, 9.17) is 4.74 Å². The summed E-state index contributed by atoms with van der Waals surface area (Å²) < 4.78 is 5.40. The zero-order valence-electron chi connectivity index (χ0n) is 13.8. The van der Waals surface area contributed by atoms with Crippen molar-refractivity contribution >= 4 is 34.6 Å². The molecule has 6 nitrogen and oxygen atoms in total. The number of nitrogens with one attached hydrogen (secondary N) is 1. The molecule has 0 saturated heterocycles. The first-order valence-electron chi connectivity index (χ1n) is 7.70. The molecule has 3 rings (SSSR count). The molecule has 3 aromatic rings. The second kappa shape index (κ2) is 7.40. The second-order valence-corrected chi connectivity index (χ2v) is 6.23. The Balaban J connectivity index is 2.08. The SMILES string of the molecule is CCc1nc(S/C(=C\c2c(OC)ccc3ccccc23)C(=O)[O-])n[nH]1. The number of nitrogens with zero attached hydrogens (tertiary/aromatic N) is 2. The van der Waals surface area contributed by atoms with Crippen LogP contribution in [0.5, 0.6) is 5.75 Å². The topological polar surface area (TPSA) is 90.9 Å². The summed E-state index contributed by atoms with van der Waals surface area (Å²) in [5, 5.41) is 20.6. The molecule has 128 valence electrons. The fraction of sp³-hybridized carbons (Fsp3) is 0.167. The molecule has 1 heterocycles. The number of hydrogen-bond donors (Lipinski definition) is 1. The second-order valence-electron chi connectivity index (χ2n) is 5.22. The molecule has 25 heavy (non-hydrogen) atoms. The van der Waals surface area contributed by atoms with Crippen molar-refractivity contribution in [3.63, 3.8) is 0 Å². The molecule has 0 saturated carbocycles. The largest absolute Gasteiger partial charge is 0.544 e. The summed E-state index contributed by atoms with van der Waals surface area (Å²) in [6, 6.07) is 11.4. The number of rotatable bonds is 6. The lowest BCUT2D eigenvalue weighted by molar-refractivity contribution is -0.297. The van der Waals surface area contributed by atoms with E-state index in [1.54, 1.807) is 13.2 Å². The number of hydrogen-bond acceptors (Lipinski definition) is 6. The summed E-state index contributed by atoms with van der Waals surface area (Å²) in [7, 11) is 1.55. The normalized spacial score (nSPS) is 11.7. The van der Waals surface area contributed by atoms with E-state index in [0.717, 1.165) is 22.5 Å². The van der Waals surface area contributed by atoms with Crippen LogP contribution in [0.25, 0.3) is 16.8 Å². The van der Waals surface area contributed by atoms with Crippen LogP contribution in [0.1, 0.15) is 18.3 Å². The number of carbonyl (C=O) groups is 1. The number of methoxy groups -OCH3 is 1. The van der Waals surface area contributed by atoms with Gasteiger partial charge in [-0.05, 0) is 34.7 Å². The highest BCUT2D eigenvalue weighted by Crippen LogP contribution is 2.33. The summed E-state index contributed by atoms with van der Waals surface area (Å²) in [5.74, 6) is -0.00643. The Morgan fingerprint density at radius 2 is 2.12 bits per heavy atom. The third-order valence-corrected chi connectivity index (χ3v) is 4.54. The average molecular weight is 354 g/mol. The van der Waals surface area contributed by atoms with E-state index in [1.807, 2.05) is 43.3 Å². The number of carboxylic acids is 1. The van der Waals surface area contributed by atoms with Crippen LogP contribution >= 0.6 is 11.8 Å². The highest BCUT2D eigenvalue weighted by Gasteiger charge is 2.12. The quantitative estimate of drug-likeness (QED) is 0.540. The number of carboxylic acid groups (broad SMARTS) is 1. The van der Waals surface area contributed by atoms with Gasteiger partial charge in [0.15, 0.2) is 0 Å². The van der Waals surface area contributed by atoms with E-state index in [9.17, 15) is 9.90 Å². The maximum absolute atomic E-state index is 11.6. The molecular formula is C18H16N3O3S-. The van der Waals surface area contributed by atoms with Gasteiger partial charge in [-0.25, -0.2) is 4.98 Å². The maximum atomic E-state index is 11.6. The van der Waals surface area contributed by atoms with Crippen molar-refractivity contribution in [2.45, 2.75) is 18.5 Å². The number of carbonyl (C=O) groups excluding carboxylic acids is 1. The Kier molecular flexibility index (Phi) is 5.04. The smallest absolute Gasteiger partial charge is 0.213 e. The van der Waals surface area contributed by atoms with Crippen LogP contribution in [-0.2, 0) is 11.2 Å². The number of fused-ring (bicyclic) bond motifs is 1. The molecule has 0 aliphatic rings. The minimum atomic E-state index is -1.29. The fourth-order valence-corrected chi connectivity index (χ4v) is 3.15. The number of aromatic nitrogens is 3. The van der Waals surface area contributed by atoms with Crippen LogP contribution in [0, 0.1) is 0 Å². The van der Waals surface area contributed by atoms with Crippen LogP contribution < -0.4 is 9.84 Å². The van der Waals surface area contributed by atoms with Gasteiger partial charge >= 0.3 is 0 Å². The van der Waals surface area contributed by atoms with Crippen LogP contribution in [-0.4, -0.2) is 28.3 Å². The lowest BCUT2D eigenvalue weighted by Gasteiger charge is -2.11. The fourth-order valence-electron chi connectivity index (χ4n) is 2.44. The van der Waals surface area contributed by atoms with E-state index in [1.165, 1.54) is 0 Å². The number of aliphatic carboxylic acids is 1. The summed E-state index contributed by atoms with van der Waals surface area (Å²) in [5.41, 5.74) is 0.679. The molecule has 0 radical (unpaired) electrons. The van der Waals surface area contributed by atoms with Gasteiger partial charge in [0.1, 0.15) is 11.6 Å². The first-order chi connectivity index (χ1) is 12.1. The Labute approximate surface area is 148 Å². The van der Waals surface area contributed by atoms with Gasteiger partial charge in [0.2, 0.25) is 5.16 Å². The number of aryl methyl sites for hydroxylation is 1. The highest BCUT2D eigenvalue weighted by molar-refractivity contribution is 8.04. The predicted octanol–water partition coefficient (Wildman–Crippen LogP) is 2.41. The molecule has 0 spiro atoms. The summed E-state index contributed by atoms with van der Waals surface area (Å²) >= 11 is 0.946. The average Bonchev–Trinajstić information content (AvgIpc) is 3.09. The van der Waals surface area contributed by atoms with Crippen LogP contribution in [0.2, 0.25) is 0 Å². The summed E-state index contributed by atoms with van der Waals surface area (Å²) in [4.78, 5) is 15.9. The standard InChI is InChI=1S/C18H17N3O3S/c1-3-16-19-18(21-20-16)25-15(17(22)23)10-13-12-7-5-4-6-11(12)8-9-14(13)24-2/h4-10H,3H2,1-2H3,(H,22,23)(H,19,20,21)/p-1/b15-10-. The van der Waals surface area contributed by atoms with E-state index in [0.29, 0.717) is 28.7 Å². The zero-order chi connectivity index (χ0) is 17.8. The minimum Gasteiger partial charge on any atom is -0.544 e. The van der Waals surface area contributed by atoms with Crippen LogP contribution in [0.4, 0.5) is 0 Å². The van der Waals surface area contributed by atoms with Crippen LogP contribution in [0.3, 0.4) is 0 Å². The summed E-state index contributed by atoms with van der Waals surface area (Å²) in [6.07, 6.45) is 2.23. The van der Waals surface area contributed by atoms with E-state index >= 15 is 0 Å². The molecule has 0 aliphatic carbocycles. The Morgan fingerprint density at radius 3 is 2.80 bits per heavy atom. The molecule has 0 fully saturated rings. The van der Waals surface area contributed by atoms with Gasteiger partial charge in [0.25, 0.3) is 0 Å². The number of H-pyrrole nitrogens is 1. The molecule has 0 unspecified atom stereocenters. The molecule has 0 atom stereocenters. The molecule has 1 N–H and O–H groups in total. The van der Waals surface area contributed by atoms with Gasteiger partial charge in [0, 0.05) is 16.9 Å². The van der Waals surface area contributed by atoms with E-state index in [-0.39, 0.29) is 4.91 Å². The number of aromatic amines is 1. The lowest BCUT2D eigenvalue weighted by atomic mass is 10.0. The van der Waals surface area contributed by atoms with Crippen molar-refractivity contribution in [3.8, 4) is 5.75 Å². The Bertz CT molecular complexity index is 950. The van der Waals surface area contributed by atoms with Crippen molar-refractivity contribution in [1.82, 2.24) is 15.2 Å². The molecule has 1 aromatic heterocycles. The predicted molar refractivity (Wildman–Crippen MR) is 95.1 cm³/mol. The number of benzene rings is 2.